The lowest BCUT2D eigenvalue weighted by molar-refractivity contribution is -0.219. The number of benzene rings is 2. The van der Waals surface area contributed by atoms with E-state index in [1.165, 1.54) is 0 Å². The normalized spacial score (nSPS) is 27.9. The molecule has 0 aromatic heterocycles. The second kappa shape index (κ2) is 8.61. The number of halogens is 1. The third kappa shape index (κ3) is 3.84. The maximum absolute atomic E-state index is 10.6. The summed E-state index contributed by atoms with van der Waals surface area (Å²) in [4.78, 5) is 0. The molecule has 2 aliphatic heterocycles. The second-order valence-corrected chi connectivity index (χ2v) is 7.87. The van der Waals surface area contributed by atoms with Crippen molar-refractivity contribution in [2.24, 2.45) is 0 Å². The van der Waals surface area contributed by atoms with Gasteiger partial charge in [0.25, 0.3) is 0 Å². The lowest BCUT2D eigenvalue weighted by atomic mass is 9.89. The zero-order valence-electron chi connectivity index (χ0n) is 16.7. The first kappa shape index (κ1) is 21.2. The van der Waals surface area contributed by atoms with Crippen LogP contribution in [-0.4, -0.2) is 53.1 Å². The van der Waals surface area contributed by atoms with Gasteiger partial charge < -0.3 is 34.3 Å². The number of rotatable bonds is 5. The lowest BCUT2D eigenvalue weighted by Gasteiger charge is -2.39. The first-order chi connectivity index (χ1) is 14.4. The Bertz CT molecular complexity index is 901. The van der Waals surface area contributed by atoms with Crippen molar-refractivity contribution >= 4 is 11.6 Å². The molecule has 7 nitrogen and oxygen atoms in total. The molecule has 0 unspecified atom stereocenters. The van der Waals surface area contributed by atoms with Crippen molar-refractivity contribution in [3.05, 3.63) is 52.0 Å². The Kier molecular flexibility index (Phi) is 6.09. The molecule has 162 valence electrons. The minimum absolute atomic E-state index is 0.00188. The van der Waals surface area contributed by atoms with Gasteiger partial charge in [0, 0.05) is 5.56 Å². The molecule has 2 aromatic rings. The molecule has 1 saturated heterocycles. The fraction of sp³-hybridized carbons (Fsp3) is 0.455. The molecular formula is C22H25ClO7. The van der Waals surface area contributed by atoms with E-state index in [4.69, 9.17) is 30.5 Å². The average Bonchev–Trinajstić information content (AvgIpc) is 3.23. The molecule has 2 heterocycles. The molecule has 2 aliphatic rings. The third-order valence-corrected chi connectivity index (χ3v) is 5.89. The zero-order chi connectivity index (χ0) is 21.4. The van der Waals surface area contributed by atoms with E-state index in [2.05, 4.69) is 0 Å². The van der Waals surface area contributed by atoms with Gasteiger partial charge in [-0.1, -0.05) is 23.7 Å². The van der Waals surface area contributed by atoms with Gasteiger partial charge in [-0.05, 0) is 49.6 Å². The molecular weight excluding hydrogens is 412 g/mol. The maximum Gasteiger partial charge on any atom is 0.231 e. The van der Waals surface area contributed by atoms with E-state index < -0.39 is 30.5 Å². The van der Waals surface area contributed by atoms with E-state index in [1.54, 1.807) is 13.0 Å². The van der Waals surface area contributed by atoms with Crippen molar-refractivity contribution in [3.8, 4) is 17.2 Å². The van der Waals surface area contributed by atoms with Crippen molar-refractivity contribution < 1.29 is 34.3 Å². The van der Waals surface area contributed by atoms with Crippen molar-refractivity contribution in [1.82, 2.24) is 0 Å². The Morgan fingerprint density at radius 2 is 1.73 bits per heavy atom. The minimum atomic E-state index is -1.35. The summed E-state index contributed by atoms with van der Waals surface area (Å²) in [6, 6.07) is 9.51. The van der Waals surface area contributed by atoms with Gasteiger partial charge in [0.1, 0.15) is 30.2 Å². The van der Waals surface area contributed by atoms with Gasteiger partial charge >= 0.3 is 0 Å². The van der Waals surface area contributed by atoms with Crippen LogP contribution in [0.25, 0.3) is 0 Å². The van der Waals surface area contributed by atoms with Crippen molar-refractivity contribution in [1.29, 1.82) is 0 Å². The zero-order valence-corrected chi connectivity index (χ0v) is 17.5. The maximum atomic E-state index is 10.6. The SMILES string of the molecule is CCOc1ccc(Cc2cc([C@@H]3O[C@H](C)[C@@H](O)[C@H](O)[C@H]3O)c3c(c2Cl)OCO3)cc1. The highest BCUT2D eigenvalue weighted by atomic mass is 35.5. The smallest absolute Gasteiger partial charge is 0.231 e. The summed E-state index contributed by atoms with van der Waals surface area (Å²) in [5.41, 5.74) is 2.31. The van der Waals surface area contributed by atoms with Gasteiger partial charge in [0.15, 0.2) is 11.5 Å². The van der Waals surface area contributed by atoms with Crippen molar-refractivity contribution in [2.45, 2.75) is 50.8 Å². The van der Waals surface area contributed by atoms with Crippen LogP contribution in [-0.2, 0) is 11.2 Å². The topological polar surface area (TPSA) is 97.6 Å². The van der Waals surface area contributed by atoms with Crippen LogP contribution in [0.15, 0.2) is 30.3 Å². The van der Waals surface area contributed by atoms with Crippen LogP contribution in [0.3, 0.4) is 0 Å². The molecule has 30 heavy (non-hydrogen) atoms. The fourth-order valence-electron chi connectivity index (χ4n) is 3.86. The Labute approximate surface area is 179 Å². The molecule has 2 aromatic carbocycles. The van der Waals surface area contributed by atoms with E-state index in [1.807, 2.05) is 31.2 Å². The van der Waals surface area contributed by atoms with Crippen molar-refractivity contribution in [3.63, 3.8) is 0 Å². The Hall–Kier alpha value is -2.03. The summed E-state index contributed by atoms with van der Waals surface area (Å²) < 4.78 is 22.5. The number of ether oxygens (including phenoxy) is 4. The molecule has 0 spiro atoms. The molecule has 0 saturated carbocycles. The largest absolute Gasteiger partial charge is 0.494 e. The predicted octanol–water partition coefficient (Wildman–Crippen LogP) is 2.60. The van der Waals surface area contributed by atoms with Crippen LogP contribution in [0.2, 0.25) is 5.02 Å². The molecule has 0 radical (unpaired) electrons. The highest BCUT2D eigenvalue weighted by Gasteiger charge is 2.44. The first-order valence-electron chi connectivity index (χ1n) is 9.93. The van der Waals surface area contributed by atoms with Crippen LogP contribution in [0, 0.1) is 0 Å². The predicted molar refractivity (Wildman–Crippen MR) is 109 cm³/mol. The minimum Gasteiger partial charge on any atom is -0.494 e. The Balaban J connectivity index is 1.69. The highest BCUT2D eigenvalue weighted by Crippen LogP contribution is 2.49. The number of fused-ring (bicyclic) bond motifs is 1. The molecule has 0 amide bonds. The Morgan fingerprint density at radius 1 is 1.03 bits per heavy atom. The summed E-state index contributed by atoms with van der Waals surface area (Å²) in [6.07, 6.45) is -4.91. The monoisotopic (exact) mass is 436 g/mol. The summed E-state index contributed by atoms with van der Waals surface area (Å²) in [6.45, 7) is 4.17. The van der Waals surface area contributed by atoms with E-state index in [0.717, 1.165) is 16.9 Å². The van der Waals surface area contributed by atoms with Crippen molar-refractivity contribution in [2.75, 3.05) is 13.4 Å². The molecule has 0 aliphatic carbocycles. The van der Waals surface area contributed by atoms with Gasteiger partial charge in [0.05, 0.1) is 17.7 Å². The van der Waals surface area contributed by atoms with Gasteiger partial charge in [0.2, 0.25) is 6.79 Å². The highest BCUT2D eigenvalue weighted by molar-refractivity contribution is 6.33. The summed E-state index contributed by atoms with van der Waals surface area (Å²) in [7, 11) is 0. The molecule has 1 fully saturated rings. The number of hydrogen-bond acceptors (Lipinski definition) is 7. The third-order valence-electron chi connectivity index (χ3n) is 5.47. The van der Waals surface area contributed by atoms with Crippen LogP contribution < -0.4 is 14.2 Å². The van der Waals surface area contributed by atoms with Gasteiger partial charge in [-0.15, -0.1) is 0 Å². The van der Waals surface area contributed by atoms with Crippen LogP contribution >= 0.6 is 11.6 Å². The summed E-state index contributed by atoms with van der Waals surface area (Å²) in [5, 5.41) is 31.2. The van der Waals surface area contributed by atoms with Gasteiger partial charge in [-0.2, -0.15) is 0 Å². The fourth-order valence-corrected chi connectivity index (χ4v) is 4.12. The standard InChI is InChI=1S/C22H25ClO7/c1-3-27-14-6-4-12(5-7-14)8-13-9-15(21-22(16(13)23)29-10-28-21)20-19(26)18(25)17(24)11(2)30-20/h4-7,9,11,17-20,24-26H,3,8,10H2,1-2H3/t11-,17-,18+,19-,20+/m1/s1. The molecule has 8 heteroatoms. The first-order valence-corrected chi connectivity index (χ1v) is 10.3. The molecule has 4 rings (SSSR count). The lowest BCUT2D eigenvalue weighted by Crippen LogP contribution is -2.53. The Morgan fingerprint density at radius 3 is 2.43 bits per heavy atom. The van der Waals surface area contributed by atoms with Crippen LogP contribution in [0.4, 0.5) is 0 Å². The summed E-state index contributed by atoms with van der Waals surface area (Å²) >= 11 is 6.59. The number of hydrogen-bond donors (Lipinski definition) is 3. The van der Waals surface area contributed by atoms with Gasteiger partial charge in [-0.3, -0.25) is 0 Å². The number of aliphatic hydroxyl groups is 3. The average molecular weight is 437 g/mol. The number of aliphatic hydroxyl groups excluding tert-OH is 3. The van der Waals surface area contributed by atoms with E-state index in [9.17, 15) is 15.3 Å². The van der Waals surface area contributed by atoms with E-state index >= 15 is 0 Å². The molecule has 0 bridgehead atoms. The second-order valence-electron chi connectivity index (χ2n) is 7.49. The summed E-state index contributed by atoms with van der Waals surface area (Å²) in [5.74, 6) is 1.56. The van der Waals surface area contributed by atoms with E-state index in [0.29, 0.717) is 35.1 Å². The van der Waals surface area contributed by atoms with Gasteiger partial charge in [-0.25, -0.2) is 0 Å². The van der Waals surface area contributed by atoms with Crippen LogP contribution in [0.5, 0.6) is 17.2 Å². The molecule has 5 atom stereocenters. The van der Waals surface area contributed by atoms with E-state index in [-0.39, 0.29) is 6.79 Å². The quantitative estimate of drug-likeness (QED) is 0.662. The molecule has 3 N–H and O–H groups in total. The van der Waals surface area contributed by atoms with Crippen LogP contribution in [0.1, 0.15) is 36.6 Å².